The maximum Gasteiger partial charge on any atom is 0.416 e. The fourth-order valence-corrected chi connectivity index (χ4v) is 5.43. The van der Waals surface area contributed by atoms with Gasteiger partial charge in [-0.25, -0.2) is 9.18 Å². The van der Waals surface area contributed by atoms with E-state index >= 15 is 0 Å². The second kappa shape index (κ2) is 11.6. The van der Waals surface area contributed by atoms with Crippen LogP contribution in [-0.4, -0.2) is 60.2 Å². The molecule has 2 fully saturated rings. The van der Waals surface area contributed by atoms with Gasteiger partial charge >= 0.3 is 6.09 Å². The molecule has 0 atom stereocenters. The molecular formula is C34H28FN5O6. The van der Waals surface area contributed by atoms with Crippen LogP contribution in [0.5, 0.6) is 23.0 Å². The Labute approximate surface area is 262 Å². The summed E-state index contributed by atoms with van der Waals surface area (Å²) >= 11 is 0. The number of nitrogens with one attached hydrogen (secondary N) is 2. The van der Waals surface area contributed by atoms with Gasteiger partial charge in [0.2, 0.25) is 11.8 Å². The van der Waals surface area contributed by atoms with Crippen molar-refractivity contribution in [1.82, 2.24) is 9.88 Å². The smallest absolute Gasteiger partial charge is 0.416 e. The summed E-state index contributed by atoms with van der Waals surface area (Å²) in [5.74, 6) is 0.297. The Morgan fingerprint density at radius 1 is 0.870 bits per heavy atom. The third kappa shape index (κ3) is 5.60. The van der Waals surface area contributed by atoms with Crippen molar-refractivity contribution in [3.05, 3.63) is 90.4 Å². The Bertz CT molecular complexity index is 1920. The van der Waals surface area contributed by atoms with E-state index < -0.39 is 29.1 Å². The van der Waals surface area contributed by atoms with Crippen LogP contribution >= 0.6 is 0 Å². The maximum atomic E-state index is 13.2. The summed E-state index contributed by atoms with van der Waals surface area (Å²) in [7, 11) is 1.49. The molecule has 1 saturated heterocycles. The number of halogens is 1. The van der Waals surface area contributed by atoms with E-state index in [9.17, 15) is 18.8 Å². The number of ether oxygens (including phenoxy) is 3. The van der Waals surface area contributed by atoms with Gasteiger partial charge in [0.15, 0.2) is 11.5 Å². The van der Waals surface area contributed by atoms with Gasteiger partial charge in [0.25, 0.3) is 0 Å². The zero-order valence-corrected chi connectivity index (χ0v) is 24.7. The number of fused-ring (bicyclic) bond motifs is 2. The van der Waals surface area contributed by atoms with Crippen LogP contribution in [0.4, 0.5) is 20.6 Å². The van der Waals surface area contributed by atoms with E-state index in [0.717, 1.165) is 11.3 Å². The number of hydrogen-bond acceptors (Lipinski definition) is 8. The number of carbonyl (C=O) groups is 3. The molecule has 2 N–H and O–H groups in total. The van der Waals surface area contributed by atoms with Gasteiger partial charge in [-0.15, -0.1) is 0 Å². The number of likely N-dealkylation sites (tertiary alicyclic amines) is 1. The molecule has 1 aromatic heterocycles. The van der Waals surface area contributed by atoms with Crippen LogP contribution in [0.1, 0.15) is 12.8 Å². The van der Waals surface area contributed by atoms with E-state index in [4.69, 9.17) is 14.2 Å². The van der Waals surface area contributed by atoms with Crippen molar-refractivity contribution in [2.24, 2.45) is 10.4 Å². The first kappa shape index (κ1) is 29.0. The molecule has 3 aliphatic rings. The van der Waals surface area contributed by atoms with Gasteiger partial charge in [-0.05, 0) is 79.1 Å². The van der Waals surface area contributed by atoms with Crippen LogP contribution in [-0.2, 0) is 9.59 Å². The number of methoxy groups -OCH3 is 1. The summed E-state index contributed by atoms with van der Waals surface area (Å²) in [6.07, 6.45) is 3.92. The molecule has 2 aliphatic heterocycles. The van der Waals surface area contributed by atoms with E-state index in [1.807, 2.05) is 6.08 Å². The number of nitrogens with zero attached hydrogens (tertiary/aromatic N) is 3. The second-order valence-electron chi connectivity index (χ2n) is 11.2. The fourth-order valence-electron chi connectivity index (χ4n) is 5.43. The first-order chi connectivity index (χ1) is 22.3. The van der Waals surface area contributed by atoms with Gasteiger partial charge < -0.3 is 24.8 Å². The van der Waals surface area contributed by atoms with Gasteiger partial charge in [-0.3, -0.25) is 24.5 Å². The molecule has 0 spiro atoms. The predicted octanol–water partition coefficient (Wildman–Crippen LogP) is 5.73. The summed E-state index contributed by atoms with van der Waals surface area (Å²) in [5, 5.41) is 6.14. The van der Waals surface area contributed by atoms with Crippen molar-refractivity contribution in [2.75, 3.05) is 37.4 Å². The maximum absolute atomic E-state index is 13.2. The Kier molecular flexibility index (Phi) is 7.31. The van der Waals surface area contributed by atoms with Crippen molar-refractivity contribution < 1.29 is 33.0 Å². The third-order valence-corrected chi connectivity index (χ3v) is 8.20. The van der Waals surface area contributed by atoms with Gasteiger partial charge in [0.1, 0.15) is 22.7 Å². The van der Waals surface area contributed by atoms with Crippen molar-refractivity contribution in [3.63, 3.8) is 0 Å². The third-order valence-electron chi connectivity index (χ3n) is 8.20. The molecule has 11 nitrogen and oxygen atoms in total. The number of anilines is 2. The summed E-state index contributed by atoms with van der Waals surface area (Å²) in [5.41, 5.74) is 2.24. The number of aromatic nitrogens is 1. The van der Waals surface area contributed by atoms with Crippen molar-refractivity contribution in [2.45, 2.75) is 12.8 Å². The van der Waals surface area contributed by atoms with E-state index in [-0.39, 0.29) is 5.75 Å². The lowest BCUT2D eigenvalue weighted by Crippen LogP contribution is -2.35. The van der Waals surface area contributed by atoms with E-state index in [1.54, 1.807) is 53.6 Å². The molecule has 0 bridgehead atoms. The molecular weight excluding hydrogens is 593 g/mol. The first-order valence-electron chi connectivity index (χ1n) is 14.6. The number of hydrogen-bond donors (Lipinski definition) is 2. The standard InChI is InChI=1S/C34H28FN5O6/c1-44-29-16-25-26(17-30(29)46-33(43)40-18-20-10-14-37-27(20)19-40)36-15-11-28(25)45-24-8-6-23(7-9-24)39-32(42)34(12-13-34)31(41)38-22-4-2-21(35)3-5-22/h2-11,15-17H,12-14,18-19H2,1H3,(H,38,41)(H,39,42). The molecule has 1 aliphatic carbocycles. The minimum atomic E-state index is -1.18. The molecule has 7 rings (SSSR count). The molecule has 3 aromatic carbocycles. The van der Waals surface area contributed by atoms with Crippen LogP contribution < -0.4 is 24.8 Å². The number of carbonyl (C=O) groups excluding carboxylic acids is 3. The number of amides is 3. The molecule has 3 heterocycles. The molecule has 0 radical (unpaired) electrons. The molecule has 0 unspecified atom stereocenters. The number of benzene rings is 3. The topological polar surface area (TPSA) is 131 Å². The summed E-state index contributed by atoms with van der Waals surface area (Å²) in [6.45, 7) is 1.53. The molecule has 3 amide bonds. The van der Waals surface area contributed by atoms with Crippen molar-refractivity contribution in [3.8, 4) is 23.0 Å². The highest BCUT2D eigenvalue weighted by Gasteiger charge is 2.56. The molecule has 12 heteroatoms. The van der Waals surface area contributed by atoms with Gasteiger partial charge in [0, 0.05) is 29.0 Å². The zero-order valence-electron chi connectivity index (χ0n) is 24.7. The first-order valence-corrected chi connectivity index (χ1v) is 14.6. The minimum Gasteiger partial charge on any atom is -0.493 e. The Morgan fingerprint density at radius 2 is 1.57 bits per heavy atom. The van der Waals surface area contributed by atoms with Crippen molar-refractivity contribution in [1.29, 1.82) is 0 Å². The highest BCUT2D eigenvalue weighted by atomic mass is 19.1. The largest absolute Gasteiger partial charge is 0.493 e. The van der Waals surface area contributed by atoms with Gasteiger partial charge in [0.05, 0.1) is 38.0 Å². The van der Waals surface area contributed by atoms with E-state index in [0.29, 0.717) is 72.0 Å². The number of pyridine rings is 1. The second-order valence-corrected chi connectivity index (χ2v) is 11.2. The van der Waals surface area contributed by atoms with Gasteiger partial charge in [-0.2, -0.15) is 0 Å². The van der Waals surface area contributed by atoms with E-state index in [1.165, 1.54) is 31.4 Å². The molecule has 4 aromatic rings. The monoisotopic (exact) mass is 621 g/mol. The predicted molar refractivity (Wildman–Crippen MR) is 168 cm³/mol. The zero-order chi connectivity index (χ0) is 31.8. The SMILES string of the molecule is COc1cc2c(Oc3ccc(NC(=O)C4(C(=O)Nc5ccc(F)cc5)CC4)cc3)ccnc2cc1OC(=O)N1CC2=CCN=C2C1. The minimum absolute atomic E-state index is 0.234. The number of aliphatic imine (C=N–C) groups is 1. The summed E-state index contributed by atoms with van der Waals surface area (Å²) in [4.78, 5) is 49.2. The van der Waals surface area contributed by atoms with Crippen LogP contribution in [0.2, 0.25) is 0 Å². The average Bonchev–Trinajstić information content (AvgIpc) is 3.60. The fraction of sp³-hybridized carbons (Fsp3) is 0.206. The lowest BCUT2D eigenvalue weighted by atomic mass is 10.0. The van der Waals surface area contributed by atoms with Crippen LogP contribution in [0.15, 0.2) is 89.6 Å². The lowest BCUT2D eigenvalue weighted by molar-refractivity contribution is -0.131. The normalized spacial score (nSPS) is 15.8. The highest BCUT2D eigenvalue weighted by molar-refractivity contribution is 6.17. The summed E-state index contributed by atoms with van der Waals surface area (Å²) < 4.78 is 30.6. The van der Waals surface area contributed by atoms with Crippen LogP contribution in [0.25, 0.3) is 10.9 Å². The Hall–Kier alpha value is -5.78. The quantitative estimate of drug-likeness (QED) is 0.240. The lowest BCUT2D eigenvalue weighted by Gasteiger charge is -2.17. The Balaban J connectivity index is 1.02. The number of rotatable bonds is 8. The molecule has 1 saturated carbocycles. The van der Waals surface area contributed by atoms with Crippen molar-refractivity contribution >= 4 is 45.9 Å². The average molecular weight is 622 g/mol. The van der Waals surface area contributed by atoms with Gasteiger partial charge in [-0.1, -0.05) is 6.08 Å². The Morgan fingerprint density at radius 3 is 2.22 bits per heavy atom. The van der Waals surface area contributed by atoms with Crippen LogP contribution in [0.3, 0.4) is 0 Å². The van der Waals surface area contributed by atoms with Crippen LogP contribution in [0, 0.1) is 11.2 Å². The molecule has 232 valence electrons. The highest BCUT2D eigenvalue weighted by Crippen LogP contribution is 2.47. The van der Waals surface area contributed by atoms with E-state index in [2.05, 4.69) is 20.6 Å². The summed E-state index contributed by atoms with van der Waals surface area (Å²) in [6, 6.07) is 17.2. The molecule has 46 heavy (non-hydrogen) atoms.